The molecular formula is C19H26O6. The van der Waals surface area contributed by atoms with E-state index in [4.69, 9.17) is 19.0 Å². The number of fused-ring (bicyclic) bond motifs is 1. The number of hydrogen-bond acceptors (Lipinski definition) is 6. The summed E-state index contributed by atoms with van der Waals surface area (Å²) < 4.78 is 16.2. The van der Waals surface area contributed by atoms with E-state index in [0.717, 1.165) is 32.1 Å². The van der Waals surface area contributed by atoms with Crippen LogP contribution in [0.4, 0.5) is 0 Å². The molecule has 0 spiro atoms. The number of aliphatic hydroxyl groups excluding tert-OH is 1. The highest BCUT2D eigenvalue weighted by Crippen LogP contribution is 2.33. The first-order chi connectivity index (χ1) is 12.2. The summed E-state index contributed by atoms with van der Waals surface area (Å²) in [4.78, 5) is 12.1. The second kappa shape index (κ2) is 9.93. The fraction of sp³-hybridized carbons (Fsp3) is 0.526. The van der Waals surface area contributed by atoms with Crippen molar-refractivity contribution in [3.63, 3.8) is 0 Å². The predicted octanol–water partition coefficient (Wildman–Crippen LogP) is 3.61. The van der Waals surface area contributed by atoms with E-state index in [1.807, 2.05) is 0 Å². The Balaban J connectivity index is 2.09. The van der Waals surface area contributed by atoms with Gasteiger partial charge in [-0.05, 0) is 31.4 Å². The van der Waals surface area contributed by atoms with Crippen LogP contribution in [0.2, 0.25) is 0 Å². The monoisotopic (exact) mass is 350 g/mol. The highest BCUT2D eigenvalue weighted by Gasteiger charge is 2.16. The summed E-state index contributed by atoms with van der Waals surface area (Å²) >= 11 is 0. The number of ether oxygens (including phenoxy) is 2. The molecule has 6 heteroatoms. The largest absolute Gasteiger partial charge is 0.504 e. The molecule has 0 fully saturated rings. The van der Waals surface area contributed by atoms with Gasteiger partial charge < -0.3 is 24.1 Å². The molecule has 0 amide bonds. The molecule has 0 bridgehead atoms. The van der Waals surface area contributed by atoms with Crippen molar-refractivity contribution in [1.29, 1.82) is 0 Å². The highest BCUT2D eigenvalue weighted by atomic mass is 16.5. The predicted molar refractivity (Wildman–Crippen MR) is 95.6 cm³/mol. The second-order valence-corrected chi connectivity index (χ2v) is 5.91. The molecule has 138 valence electrons. The van der Waals surface area contributed by atoms with Crippen molar-refractivity contribution in [2.45, 2.75) is 45.4 Å². The average molecular weight is 350 g/mol. The fourth-order valence-electron chi connectivity index (χ4n) is 2.47. The smallest absolute Gasteiger partial charge is 0.383 e. The summed E-state index contributed by atoms with van der Waals surface area (Å²) in [7, 11) is 0. The second-order valence-electron chi connectivity index (χ2n) is 5.91. The van der Waals surface area contributed by atoms with Crippen LogP contribution in [0.3, 0.4) is 0 Å². The molecule has 1 heterocycles. The molecule has 2 rings (SSSR count). The Hall–Kier alpha value is -2.21. The van der Waals surface area contributed by atoms with Gasteiger partial charge in [-0.15, -0.1) is 0 Å². The number of aliphatic hydroxyl groups is 1. The Kier molecular flexibility index (Phi) is 7.60. The minimum atomic E-state index is -0.696. The Morgan fingerprint density at radius 3 is 2.56 bits per heavy atom. The third-order valence-electron chi connectivity index (χ3n) is 3.88. The first-order valence-electron chi connectivity index (χ1n) is 8.83. The maximum Gasteiger partial charge on any atom is 0.383 e. The van der Waals surface area contributed by atoms with Crippen LogP contribution in [0.25, 0.3) is 11.0 Å². The van der Waals surface area contributed by atoms with Gasteiger partial charge in [0, 0.05) is 12.7 Å². The van der Waals surface area contributed by atoms with Gasteiger partial charge >= 0.3 is 5.63 Å². The van der Waals surface area contributed by atoms with Crippen molar-refractivity contribution in [3.05, 3.63) is 28.6 Å². The summed E-state index contributed by atoms with van der Waals surface area (Å²) in [6.45, 7) is 3.08. The number of unbranched alkanes of at least 4 members (excludes halogenated alkanes) is 4. The zero-order valence-corrected chi connectivity index (χ0v) is 14.6. The average Bonchev–Trinajstić information content (AvgIpc) is 2.61. The summed E-state index contributed by atoms with van der Waals surface area (Å²) in [5, 5.41) is 19.5. The molecule has 0 saturated carbocycles. The maximum absolute atomic E-state index is 12.1. The van der Waals surface area contributed by atoms with Gasteiger partial charge in [0.05, 0.1) is 18.6 Å². The first-order valence-corrected chi connectivity index (χ1v) is 8.83. The molecule has 0 atom stereocenters. The third-order valence-corrected chi connectivity index (χ3v) is 3.88. The van der Waals surface area contributed by atoms with Crippen molar-refractivity contribution in [3.8, 4) is 17.2 Å². The lowest BCUT2D eigenvalue weighted by Gasteiger charge is -2.10. The molecule has 6 nitrogen and oxygen atoms in total. The van der Waals surface area contributed by atoms with Crippen LogP contribution >= 0.6 is 0 Å². The Morgan fingerprint density at radius 2 is 1.80 bits per heavy atom. The van der Waals surface area contributed by atoms with E-state index in [-0.39, 0.29) is 23.7 Å². The minimum Gasteiger partial charge on any atom is -0.504 e. The highest BCUT2D eigenvalue weighted by molar-refractivity contribution is 5.86. The SMILES string of the molecule is CCCCCCOc1c(O)c2ccc(OCCCCO)cc2oc1=O. The molecule has 0 saturated heterocycles. The molecule has 0 aliphatic heterocycles. The summed E-state index contributed by atoms with van der Waals surface area (Å²) in [6, 6.07) is 4.91. The maximum atomic E-state index is 12.1. The van der Waals surface area contributed by atoms with Gasteiger partial charge in [0.15, 0.2) is 5.75 Å². The van der Waals surface area contributed by atoms with Crippen LogP contribution in [0.5, 0.6) is 17.2 Å². The molecule has 0 unspecified atom stereocenters. The Bertz CT molecular complexity index is 722. The van der Waals surface area contributed by atoms with Gasteiger partial charge in [0.1, 0.15) is 11.3 Å². The van der Waals surface area contributed by atoms with Gasteiger partial charge in [-0.1, -0.05) is 26.2 Å². The lowest BCUT2D eigenvalue weighted by atomic mass is 10.2. The van der Waals surface area contributed by atoms with Crippen molar-refractivity contribution in [2.24, 2.45) is 0 Å². The van der Waals surface area contributed by atoms with E-state index in [0.29, 0.717) is 30.8 Å². The van der Waals surface area contributed by atoms with Crippen LogP contribution in [0.1, 0.15) is 45.4 Å². The zero-order chi connectivity index (χ0) is 18.1. The molecule has 2 N–H and O–H groups in total. The van der Waals surface area contributed by atoms with Gasteiger partial charge in [-0.2, -0.15) is 0 Å². The van der Waals surface area contributed by atoms with Gasteiger partial charge in [0.25, 0.3) is 0 Å². The molecule has 0 aliphatic rings. The van der Waals surface area contributed by atoms with Gasteiger partial charge in [-0.25, -0.2) is 4.79 Å². The topological polar surface area (TPSA) is 89.1 Å². The van der Waals surface area contributed by atoms with Crippen molar-refractivity contribution < 1.29 is 24.1 Å². The molecule has 2 aromatic rings. The zero-order valence-electron chi connectivity index (χ0n) is 14.6. The minimum absolute atomic E-state index is 0.130. The Morgan fingerprint density at radius 1 is 1.04 bits per heavy atom. The van der Waals surface area contributed by atoms with E-state index in [9.17, 15) is 9.90 Å². The molecular weight excluding hydrogens is 324 g/mol. The van der Waals surface area contributed by atoms with Gasteiger partial charge in [-0.3, -0.25) is 0 Å². The fourth-order valence-corrected chi connectivity index (χ4v) is 2.47. The van der Waals surface area contributed by atoms with E-state index in [1.165, 1.54) is 0 Å². The standard InChI is InChI=1S/C19H26O6/c1-2-3-4-6-12-24-18-17(21)15-9-8-14(23-11-7-5-10-20)13-16(15)25-19(18)22/h8-9,13,20-21H,2-7,10-12H2,1H3. The molecule has 0 aliphatic carbocycles. The number of rotatable bonds is 11. The third kappa shape index (κ3) is 5.39. The summed E-state index contributed by atoms with van der Waals surface area (Å²) in [6.07, 6.45) is 5.48. The Labute approximate surface area is 147 Å². The number of hydrogen-bond donors (Lipinski definition) is 2. The van der Waals surface area contributed by atoms with Gasteiger partial charge in [0.2, 0.25) is 5.75 Å². The van der Waals surface area contributed by atoms with Crippen molar-refractivity contribution in [1.82, 2.24) is 0 Å². The lowest BCUT2D eigenvalue weighted by molar-refractivity contribution is 0.253. The molecule has 1 aromatic carbocycles. The van der Waals surface area contributed by atoms with Crippen LogP contribution < -0.4 is 15.1 Å². The van der Waals surface area contributed by atoms with E-state index < -0.39 is 5.63 Å². The van der Waals surface area contributed by atoms with Crippen molar-refractivity contribution in [2.75, 3.05) is 19.8 Å². The molecule has 25 heavy (non-hydrogen) atoms. The molecule has 0 radical (unpaired) electrons. The van der Waals surface area contributed by atoms with Crippen molar-refractivity contribution >= 4 is 11.0 Å². The van der Waals surface area contributed by atoms with E-state index >= 15 is 0 Å². The lowest BCUT2D eigenvalue weighted by Crippen LogP contribution is -2.08. The van der Waals surface area contributed by atoms with Crippen LogP contribution in [-0.2, 0) is 0 Å². The van der Waals surface area contributed by atoms with E-state index in [2.05, 4.69) is 6.92 Å². The van der Waals surface area contributed by atoms with Crippen LogP contribution in [-0.4, -0.2) is 30.0 Å². The van der Waals surface area contributed by atoms with Crippen LogP contribution in [0, 0.1) is 0 Å². The number of benzene rings is 1. The number of aromatic hydroxyl groups is 1. The summed E-state index contributed by atoms with van der Waals surface area (Å²) in [5.74, 6) is 0.204. The quantitative estimate of drug-likeness (QED) is 0.475. The molecule has 1 aromatic heterocycles. The normalized spacial score (nSPS) is 11.0. The summed E-state index contributed by atoms with van der Waals surface area (Å²) in [5.41, 5.74) is -0.446. The first kappa shape index (κ1) is 19.1. The van der Waals surface area contributed by atoms with Crippen LogP contribution in [0.15, 0.2) is 27.4 Å². The van der Waals surface area contributed by atoms with E-state index in [1.54, 1.807) is 18.2 Å².